The molecule has 1 aliphatic rings. The fourth-order valence-electron chi connectivity index (χ4n) is 2.00. The molecule has 0 N–H and O–H groups in total. The van der Waals surface area contributed by atoms with Crippen LogP contribution in [0.25, 0.3) is 0 Å². The first-order chi connectivity index (χ1) is 7.97. The second-order valence-electron chi connectivity index (χ2n) is 4.21. The quantitative estimate of drug-likeness (QED) is 0.795. The molecular weight excluding hydrogens is 281 g/mol. The first-order valence-electron chi connectivity index (χ1n) is 5.37. The SMILES string of the molecule is C[C@@H]1CN(C(=O)c2cc(Cl)sc2Cl)C[C@@H](C)O1. The van der Waals surface area contributed by atoms with Gasteiger partial charge in [-0.25, -0.2) is 0 Å². The minimum absolute atomic E-state index is 0.0515. The summed E-state index contributed by atoms with van der Waals surface area (Å²) in [6.07, 6.45) is 0.103. The van der Waals surface area contributed by atoms with Crippen LogP contribution < -0.4 is 0 Å². The van der Waals surface area contributed by atoms with Crippen LogP contribution in [0.1, 0.15) is 24.2 Å². The van der Waals surface area contributed by atoms with Crippen molar-refractivity contribution in [3.8, 4) is 0 Å². The van der Waals surface area contributed by atoms with Crippen LogP contribution in [0.5, 0.6) is 0 Å². The van der Waals surface area contributed by atoms with Crippen LogP contribution in [-0.4, -0.2) is 36.1 Å². The molecule has 94 valence electrons. The molecule has 1 aromatic heterocycles. The van der Waals surface area contributed by atoms with E-state index in [1.807, 2.05) is 13.8 Å². The van der Waals surface area contributed by atoms with Gasteiger partial charge in [0.25, 0.3) is 5.91 Å². The average Bonchev–Trinajstić information content (AvgIpc) is 2.55. The van der Waals surface area contributed by atoms with Gasteiger partial charge >= 0.3 is 0 Å². The predicted octanol–water partition coefficient (Wildman–Crippen LogP) is 3.30. The van der Waals surface area contributed by atoms with E-state index in [1.165, 1.54) is 11.3 Å². The Hall–Kier alpha value is -0.290. The Morgan fingerprint density at radius 1 is 1.41 bits per heavy atom. The van der Waals surface area contributed by atoms with Crippen molar-refractivity contribution in [2.24, 2.45) is 0 Å². The third-order valence-corrected chi connectivity index (χ3v) is 4.08. The lowest BCUT2D eigenvalue weighted by molar-refractivity contribution is -0.0586. The van der Waals surface area contributed by atoms with E-state index in [-0.39, 0.29) is 18.1 Å². The number of nitrogens with zero attached hydrogens (tertiary/aromatic N) is 1. The summed E-state index contributed by atoms with van der Waals surface area (Å²) in [5.74, 6) is -0.0693. The fraction of sp³-hybridized carbons (Fsp3) is 0.545. The summed E-state index contributed by atoms with van der Waals surface area (Å²) < 4.78 is 6.57. The van der Waals surface area contributed by atoms with Crippen molar-refractivity contribution in [2.75, 3.05) is 13.1 Å². The summed E-state index contributed by atoms with van der Waals surface area (Å²) in [4.78, 5) is 14.0. The van der Waals surface area contributed by atoms with Gasteiger partial charge < -0.3 is 9.64 Å². The number of hydrogen-bond donors (Lipinski definition) is 0. The zero-order valence-corrected chi connectivity index (χ0v) is 11.9. The van der Waals surface area contributed by atoms with Crippen LogP contribution >= 0.6 is 34.5 Å². The summed E-state index contributed by atoms with van der Waals surface area (Å²) >= 11 is 13.0. The normalized spacial score (nSPS) is 25.1. The molecule has 2 atom stereocenters. The Labute approximate surface area is 114 Å². The van der Waals surface area contributed by atoms with Crippen LogP contribution in [0.2, 0.25) is 8.67 Å². The third-order valence-electron chi connectivity index (χ3n) is 2.59. The maximum Gasteiger partial charge on any atom is 0.256 e. The van der Waals surface area contributed by atoms with E-state index in [9.17, 15) is 4.79 Å². The van der Waals surface area contributed by atoms with Crippen molar-refractivity contribution in [2.45, 2.75) is 26.1 Å². The van der Waals surface area contributed by atoms with Crippen molar-refractivity contribution in [3.63, 3.8) is 0 Å². The molecule has 2 rings (SSSR count). The molecule has 0 aliphatic carbocycles. The molecule has 0 spiro atoms. The third kappa shape index (κ3) is 2.94. The van der Waals surface area contributed by atoms with E-state index < -0.39 is 0 Å². The lowest BCUT2D eigenvalue weighted by atomic mass is 10.2. The van der Waals surface area contributed by atoms with Crippen LogP contribution in [0.15, 0.2) is 6.07 Å². The van der Waals surface area contributed by atoms with E-state index in [1.54, 1.807) is 11.0 Å². The van der Waals surface area contributed by atoms with Crippen LogP contribution in [0.4, 0.5) is 0 Å². The van der Waals surface area contributed by atoms with Crippen LogP contribution in [-0.2, 0) is 4.74 Å². The van der Waals surface area contributed by atoms with Gasteiger partial charge in [-0.05, 0) is 19.9 Å². The molecule has 0 radical (unpaired) electrons. The van der Waals surface area contributed by atoms with Gasteiger partial charge in [0.1, 0.15) is 4.34 Å². The molecule has 1 fully saturated rings. The molecule has 17 heavy (non-hydrogen) atoms. The number of rotatable bonds is 1. The van der Waals surface area contributed by atoms with E-state index in [0.717, 1.165) is 0 Å². The highest BCUT2D eigenvalue weighted by molar-refractivity contribution is 7.20. The van der Waals surface area contributed by atoms with E-state index >= 15 is 0 Å². The van der Waals surface area contributed by atoms with Crippen molar-refractivity contribution in [1.82, 2.24) is 4.90 Å². The number of morpholine rings is 1. The summed E-state index contributed by atoms with van der Waals surface area (Å²) in [6, 6.07) is 1.63. The number of ether oxygens (including phenoxy) is 1. The van der Waals surface area contributed by atoms with Crippen molar-refractivity contribution in [1.29, 1.82) is 0 Å². The molecule has 0 aromatic carbocycles. The van der Waals surface area contributed by atoms with Gasteiger partial charge in [0, 0.05) is 13.1 Å². The number of halogens is 2. The van der Waals surface area contributed by atoms with Gasteiger partial charge in [-0.15, -0.1) is 11.3 Å². The monoisotopic (exact) mass is 293 g/mol. The molecule has 1 amide bonds. The number of thiophene rings is 1. The van der Waals surface area contributed by atoms with Crippen LogP contribution in [0.3, 0.4) is 0 Å². The number of carbonyl (C=O) groups excluding carboxylic acids is 1. The lowest BCUT2D eigenvalue weighted by Crippen LogP contribution is -2.48. The molecule has 3 nitrogen and oxygen atoms in total. The maximum atomic E-state index is 12.3. The summed E-state index contributed by atoms with van der Waals surface area (Å²) in [7, 11) is 0. The van der Waals surface area contributed by atoms with Crippen molar-refractivity contribution < 1.29 is 9.53 Å². The minimum Gasteiger partial charge on any atom is -0.372 e. The molecule has 1 aromatic rings. The molecule has 0 saturated carbocycles. The van der Waals surface area contributed by atoms with E-state index in [4.69, 9.17) is 27.9 Å². The van der Waals surface area contributed by atoms with Crippen LogP contribution in [0, 0.1) is 0 Å². The fourth-order valence-corrected chi connectivity index (χ4v) is 3.45. The first-order valence-corrected chi connectivity index (χ1v) is 6.94. The zero-order chi connectivity index (χ0) is 12.6. The second-order valence-corrected chi connectivity index (χ2v) is 6.49. The summed E-state index contributed by atoms with van der Waals surface area (Å²) in [6.45, 7) is 5.09. The molecule has 1 saturated heterocycles. The molecular formula is C11H13Cl2NO2S. The highest BCUT2D eigenvalue weighted by atomic mass is 35.5. The summed E-state index contributed by atoms with van der Waals surface area (Å²) in [5, 5.41) is 0. The molecule has 0 unspecified atom stereocenters. The van der Waals surface area contributed by atoms with Crippen molar-refractivity contribution in [3.05, 3.63) is 20.3 Å². The van der Waals surface area contributed by atoms with E-state index in [0.29, 0.717) is 27.3 Å². The zero-order valence-electron chi connectivity index (χ0n) is 9.57. The maximum absolute atomic E-state index is 12.3. The highest BCUT2D eigenvalue weighted by Gasteiger charge is 2.28. The Bertz CT molecular complexity index is 425. The van der Waals surface area contributed by atoms with Gasteiger partial charge in [0.05, 0.1) is 22.1 Å². The topological polar surface area (TPSA) is 29.5 Å². The Morgan fingerprint density at radius 2 is 2.00 bits per heavy atom. The lowest BCUT2D eigenvalue weighted by Gasteiger charge is -2.35. The van der Waals surface area contributed by atoms with Gasteiger partial charge in [0.15, 0.2) is 0 Å². The first kappa shape index (κ1) is 13.1. The smallest absolute Gasteiger partial charge is 0.256 e. The Balaban J connectivity index is 2.17. The standard InChI is InChI=1S/C11H13Cl2NO2S/c1-6-4-14(5-7(2)16-6)11(15)8-3-9(12)17-10(8)13/h3,6-7H,4-5H2,1-2H3/t6-,7-/m1/s1. The second kappa shape index (κ2) is 5.14. The number of amides is 1. The highest BCUT2D eigenvalue weighted by Crippen LogP contribution is 2.32. The molecule has 1 aliphatic heterocycles. The predicted molar refractivity (Wildman–Crippen MR) is 70.3 cm³/mol. The molecule has 6 heteroatoms. The Morgan fingerprint density at radius 3 is 2.47 bits per heavy atom. The van der Waals surface area contributed by atoms with Gasteiger partial charge in [0.2, 0.25) is 0 Å². The average molecular weight is 294 g/mol. The van der Waals surface area contributed by atoms with E-state index in [2.05, 4.69) is 0 Å². The molecule has 2 heterocycles. The van der Waals surface area contributed by atoms with Gasteiger partial charge in [-0.3, -0.25) is 4.79 Å². The summed E-state index contributed by atoms with van der Waals surface area (Å²) in [5.41, 5.74) is 0.489. The van der Waals surface area contributed by atoms with Gasteiger partial charge in [-0.2, -0.15) is 0 Å². The minimum atomic E-state index is -0.0693. The largest absolute Gasteiger partial charge is 0.372 e. The molecule has 0 bridgehead atoms. The number of hydrogen-bond acceptors (Lipinski definition) is 3. The van der Waals surface area contributed by atoms with Gasteiger partial charge in [-0.1, -0.05) is 23.2 Å². The van der Waals surface area contributed by atoms with Crippen molar-refractivity contribution >= 4 is 40.4 Å². The Kier molecular flexibility index (Phi) is 3.98. The number of carbonyl (C=O) groups is 1.